The first-order chi connectivity index (χ1) is 10.4. The van der Waals surface area contributed by atoms with E-state index in [1.165, 1.54) is 19.3 Å². The number of nitrogens with one attached hydrogen (secondary N) is 2. The molecule has 1 aliphatic carbocycles. The lowest BCUT2D eigenvalue weighted by Gasteiger charge is -2.35. The van der Waals surface area contributed by atoms with Crippen molar-refractivity contribution in [2.75, 3.05) is 6.54 Å². The smallest absolute Gasteiger partial charge is 0.315 e. The van der Waals surface area contributed by atoms with Crippen molar-refractivity contribution in [2.24, 2.45) is 5.92 Å². The Morgan fingerprint density at radius 3 is 2.77 bits per heavy atom. The summed E-state index contributed by atoms with van der Waals surface area (Å²) in [4.78, 5) is 16.4. The molecule has 0 spiro atoms. The van der Waals surface area contributed by atoms with E-state index in [1.54, 1.807) is 11.3 Å². The van der Waals surface area contributed by atoms with E-state index in [0.29, 0.717) is 0 Å². The Morgan fingerprint density at radius 1 is 1.50 bits per heavy atom. The summed E-state index contributed by atoms with van der Waals surface area (Å²) in [6.07, 6.45) is 5.70. The van der Waals surface area contributed by atoms with E-state index in [0.717, 1.165) is 23.5 Å². The van der Waals surface area contributed by atoms with Gasteiger partial charge in [-0.05, 0) is 39.5 Å². The molecule has 2 amide bonds. The molecule has 2 atom stereocenters. The molecule has 1 aliphatic rings. The number of hydrogen-bond acceptors (Lipinski definition) is 4. The van der Waals surface area contributed by atoms with Crippen molar-refractivity contribution in [3.63, 3.8) is 0 Å². The van der Waals surface area contributed by atoms with Gasteiger partial charge in [-0.3, -0.25) is 0 Å². The minimum Gasteiger partial charge on any atom is -0.388 e. The molecule has 5 nitrogen and oxygen atoms in total. The molecule has 1 saturated carbocycles. The third kappa shape index (κ3) is 4.68. The monoisotopic (exact) mass is 325 g/mol. The highest BCUT2D eigenvalue weighted by molar-refractivity contribution is 7.09. The maximum Gasteiger partial charge on any atom is 0.315 e. The molecule has 0 unspecified atom stereocenters. The highest BCUT2D eigenvalue weighted by atomic mass is 32.1. The molecule has 0 bridgehead atoms. The molecular weight excluding hydrogens is 298 g/mol. The lowest BCUT2D eigenvalue weighted by molar-refractivity contribution is -0.0131. The lowest BCUT2D eigenvalue weighted by atomic mass is 9.78. The van der Waals surface area contributed by atoms with Crippen LogP contribution in [0.1, 0.15) is 62.7 Å². The van der Waals surface area contributed by atoms with Crippen LogP contribution >= 0.6 is 11.3 Å². The minimum absolute atomic E-state index is 0.127. The van der Waals surface area contributed by atoms with Crippen molar-refractivity contribution < 1.29 is 9.90 Å². The molecule has 1 aromatic rings. The number of aryl methyl sites for hydroxylation is 1. The summed E-state index contributed by atoms with van der Waals surface area (Å²) in [5, 5.41) is 19.1. The molecule has 22 heavy (non-hydrogen) atoms. The van der Waals surface area contributed by atoms with Crippen molar-refractivity contribution in [2.45, 2.75) is 64.5 Å². The van der Waals surface area contributed by atoms with Crippen molar-refractivity contribution in [3.8, 4) is 0 Å². The van der Waals surface area contributed by atoms with Crippen molar-refractivity contribution in [1.29, 1.82) is 0 Å². The van der Waals surface area contributed by atoms with Crippen molar-refractivity contribution in [3.05, 3.63) is 16.1 Å². The maximum absolute atomic E-state index is 12.0. The van der Waals surface area contributed by atoms with Gasteiger partial charge < -0.3 is 15.7 Å². The second-order valence-electron chi connectivity index (χ2n) is 6.57. The molecule has 0 aromatic carbocycles. The molecule has 2 rings (SSSR count). The molecule has 3 N–H and O–H groups in total. The summed E-state index contributed by atoms with van der Waals surface area (Å²) in [6, 6.07) is -0.380. The zero-order valence-electron chi connectivity index (χ0n) is 13.7. The molecule has 6 heteroatoms. The van der Waals surface area contributed by atoms with Crippen LogP contribution in [-0.2, 0) is 0 Å². The standard InChI is InChI=1S/C16H27N3O2S/c1-11-9-22-14(18-11)12(2)19-15(20)17-10-16(3,21)13-7-5-4-6-8-13/h9,12-13,21H,4-8,10H2,1-3H3,(H2,17,19,20)/t12-,16+/m1/s1. The number of aliphatic hydroxyl groups is 1. The summed E-state index contributed by atoms with van der Waals surface area (Å²) in [5.74, 6) is 0.278. The van der Waals surface area contributed by atoms with Gasteiger partial charge in [0.05, 0.1) is 11.6 Å². The van der Waals surface area contributed by atoms with Crippen LogP contribution in [0, 0.1) is 12.8 Å². The maximum atomic E-state index is 12.0. The average Bonchev–Trinajstić information content (AvgIpc) is 2.93. The third-order valence-corrected chi connectivity index (χ3v) is 5.59. The van der Waals surface area contributed by atoms with Crippen LogP contribution in [0.5, 0.6) is 0 Å². The number of nitrogens with zero attached hydrogens (tertiary/aromatic N) is 1. The second kappa shape index (κ2) is 7.42. The summed E-state index contributed by atoms with van der Waals surface area (Å²) in [7, 11) is 0. The zero-order chi connectivity index (χ0) is 16.2. The fraction of sp³-hybridized carbons (Fsp3) is 0.750. The van der Waals surface area contributed by atoms with Crippen molar-refractivity contribution in [1.82, 2.24) is 15.6 Å². The Kier molecular flexibility index (Phi) is 5.81. The SMILES string of the molecule is Cc1csc([C@@H](C)NC(=O)NC[C@](C)(O)C2CCCCC2)n1. The fourth-order valence-electron chi connectivity index (χ4n) is 3.01. The van der Waals surface area contributed by atoms with E-state index < -0.39 is 5.60 Å². The van der Waals surface area contributed by atoms with Gasteiger partial charge in [0.2, 0.25) is 0 Å². The lowest BCUT2D eigenvalue weighted by Crippen LogP contribution is -2.49. The van der Waals surface area contributed by atoms with E-state index >= 15 is 0 Å². The summed E-state index contributed by atoms with van der Waals surface area (Å²) in [5.41, 5.74) is 0.132. The highest BCUT2D eigenvalue weighted by Gasteiger charge is 2.33. The topological polar surface area (TPSA) is 74.2 Å². The summed E-state index contributed by atoms with van der Waals surface area (Å²) < 4.78 is 0. The predicted octanol–water partition coefficient (Wildman–Crippen LogP) is 3.14. The molecule has 1 fully saturated rings. The van der Waals surface area contributed by atoms with E-state index in [4.69, 9.17) is 0 Å². The van der Waals surface area contributed by atoms with Gasteiger partial charge in [-0.15, -0.1) is 11.3 Å². The molecule has 0 radical (unpaired) electrons. The van der Waals surface area contributed by atoms with Gasteiger partial charge in [0.1, 0.15) is 5.01 Å². The third-order valence-electron chi connectivity index (χ3n) is 4.45. The molecule has 124 valence electrons. The Bertz CT molecular complexity index is 495. The molecule has 1 aromatic heterocycles. The van der Waals surface area contributed by atoms with Gasteiger partial charge in [-0.25, -0.2) is 9.78 Å². The van der Waals surface area contributed by atoms with E-state index in [2.05, 4.69) is 15.6 Å². The first-order valence-electron chi connectivity index (χ1n) is 8.07. The molecule has 1 heterocycles. The normalized spacial score (nSPS) is 20.2. The Morgan fingerprint density at radius 2 is 2.18 bits per heavy atom. The number of rotatable bonds is 5. The number of aromatic nitrogens is 1. The zero-order valence-corrected chi connectivity index (χ0v) is 14.5. The van der Waals surface area contributed by atoms with Gasteiger partial charge in [-0.1, -0.05) is 19.3 Å². The van der Waals surface area contributed by atoms with Crippen LogP contribution in [0.15, 0.2) is 5.38 Å². The van der Waals surface area contributed by atoms with Crippen LogP contribution in [0.4, 0.5) is 4.79 Å². The van der Waals surface area contributed by atoms with Gasteiger partial charge >= 0.3 is 6.03 Å². The van der Waals surface area contributed by atoms with Crippen LogP contribution in [0.3, 0.4) is 0 Å². The van der Waals surface area contributed by atoms with Gasteiger partial charge in [0.15, 0.2) is 0 Å². The van der Waals surface area contributed by atoms with Crippen LogP contribution in [0.25, 0.3) is 0 Å². The van der Waals surface area contributed by atoms with Crippen LogP contribution in [-0.4, -0.2) is 28.3 Å². The predicted molar refractivity (Wildman–Crippen MR) is 89.0 cm³/mol. The van der Waals surface area contributed by atoms with Crippen molar-refractivity contribution >= 4 is 17.4 Å². The van der Waals surface area contributed by atoms with E-state index in [-0.39, 0.29) is 24.5 Å². The Balaban J connectivity index is 1.79. The highest BCUT2D eigenvalue weighted by Crippen LogP contribution is 2.32. The van der Waals surface area contributed by atoms with Crippen LogP contribution in [0.2, 0.25) is 0 Å². The number of thiazole rings is 1. The fourth-order valence-corrected chi connectivity index (χ4v) is 3.81. The van der Waals surface area contributed by atoms with E-state index in [1.807, 2.05) is 26.2 Å². The van der Waals surface area contributed by atoms with Gasteiger partial charge in [0.25, 0.3) is 0 Å². The summed E-state index contributed by atoms with van der Waals surface area (Å²) in [6.45, 7) is 5.97. The van der Waals surface area contributed by atoms with E-state index in [9.17, 15) is 9.90 Å². The Labute approximate surface area is 136 Å². The average molecular weight is 325 g/mol. The largest absolute Gasteiger partial charge is 0.388 e. The number of amides is 2. The van der Waals surface area contributed by atoms with Gasteiger partial charge in [-0.2, -0.15) is 0 Å². The second-order valence-corrected chi connectivity index (χ2v) is 7.46. The van der Waals surface area contributed by atoms with Crippen LogP contribution < -0.4 is 10.6 Å². The van der Waals surface area contributed by atoms with Gasteiger partial charge in [0, 0.05) is 17.6 Å². The number of carbonyl (C=O) groups excluding carboxylic acids is 1. The Hall–Kier alpha value is -1.14. The minimum atomic E-state index is -0.835. The first-order valence-corrected chi connectivity index (χ1v) is 8.95. The molecule has 0 saturated heterocycles. The quantitative estimate of drug-likeness (QED) is 0.778. The first kappa shape index (κ1) is 17.2. The molecule has 0 aliphatic heterocycles. The summed E-state index contributed by atoms with van der Waals surface area (Å²) >= 11 is 1.54. The number of hydrogen-bond donors (Lipinski definition) is 3. The molecular formula is C16H27N3O2S. The number of carbonyl (C=O) groups is 1. The number of urea groups is 1.